The second-order valence-corrected chi connectivity index (χ2v) is 10.0. The molecule has 5 rings (SSSR count). The molecule has 0 saturated carbocycles. The van der Waals surface area contributed by atoms with Crippen LogP contribution in [0.15, 0.2) is 58.4 Å². The van der Waals surface area contributed by atoms with Gasteiger partial charge in [0.15, 0.2) is 5.17 Å². The van der Waals surface area contributed by atoms with Crippen LogP contribution in [0.4, 0.5) is 0 Å². The van der Waals surface area contributed by atoms with Crippen molar-refractivity contribution >= 4 is 40.0 Å². The Hall–Kier alpha value is -2.08. The van der Waals surface area contributed by atoms with E-state index < -0.39 is 0 Å². The topological polar surface area (TPSA) is 41.9 Å². The van der Waals surface area contributed by atoms with Crippen molar-refractivity contribution in [1.82, 2.24) is 4.90 Å². The van der Waals surface area contributed by atoms with Gasteiger partial charge in [0.1, 0.15) is 0 Å². The van der Waals surface area contributed by atoms with Gasteiger partial charge in [-0.25, -0.2) is 0 Å². The summed E-state index contributed by atoms with van der Waals surface area (Å²) in [6, 6.07) is 16.2. The highest BCUT2D eigenvalue weighted by Gasteiger charge is 2.43. The third-order valence-electron chi connectivity index (χ3n) is 6.42. The number of carbonyl (C=O) groups is 1. The zero-order valence-corrected chi connectivity index (χ0v) is 19.3. The molecular weight excluding hydrogens is 428 g/mol. The van der Waals surface area contributed by atoms with Crippen LogP contribution in [0.1, 0.15) is 43.4 Å². The van der Waals surface area contributed by atoms with Crippen LogP contribution in [-0.4, -0.2) is 29.1 Å². The third kappa shape index (κ3) is 3.73. The van der Waals surface area contributed by atoms with Gasteiger partial charge in [-0.1, -0.05) is 61.8 Å². The first-order chi connectivity index (χ1) is 15.0. The number of nitrogens with zero attached hydrogens (tertiary/aromatic N) is 2. The number of allylic oxidation sites excluding steroid dienone is 1. The summed E-state index contributed by atoms with van der Waals surface area (Å²) in [6.45, 7) is 6.58. The highest BCUT2D eigenvalue weighted by Crippen LogP contribution is 2.45. The molecule has 0 unspecified atom stereocenters. The number of hydrogen-bond donors (Lipinski definition) is 0. The summed E-state index contributed by atoms with van der Waals surface area (Å²) in [7, 11) is 0. The van der Waals surface area contributed by atoms with Crippen LogP contribution in [-0.2, 0) is 21.7 Å². The molecule has 31 heavy (non-hydrogen) atoms. The molecule has 0 aromatic heterocycles. The van der Waals surface area contributed by atoms with Gasteiger partial charge < -0.3 is 9.64 Å². The number of carbonyl (C=O) groups excluding carboxylic acids is 1. The Morgan fingerprint density at radius 3 is 2.55 bits per heavy atom. The van der Waals surface area contributed by atoms with Crippen LogP contribution >= 0.6 is 23.4 Å². The van der Waals surface area contributed by atoms with Crippen LogP contribution in [0.3, 0.4) is 0 Å². The van der Waals surface area contributed by atoms with E-state index in [-0.39, 0.29) is 17.4 Å². The summed E-state index contributed by atoms with van der Waals surface area (Å²) in [5.41, 5.74) is 4.50. The molecule has 160 valence electrons. The van der Waals surface area contributed by atoms with Crippen molar-refractivity contribution in [2.45, 2.75) is 38.9 Å². The number of fused-ring (bicyclic) bond motifs is 2. The molecule has 3 aliphatic heterocycles. The number of halogens is 1. The van der Waals surface area contributed by atoms with E-state index in [2.05, 4.69) is 48.0 Å². The fraction of sp³-hybridized carbons (Fsp3) is 0.360. The lowest BCUT2D eigenvalue weighted by Crippen LogP contribution is -2.44. The quantitative estimate of drug-likeness (QED) is 0.535. The number of likely N-dealkylation sites (tertiary alicyclic amines) is 1. The average Bonchev–Trinajstić information content (AvgIpc) is 3.32. The van der Waals surface area contributed by atoms with Crippen molar-refractivity contribution in [2.75, 3.05) is 13.1 Å². The zero-order chi connectivity index (χ0) is 21.6. The van der Waals surface area contributed by atoms with E-state index in [4.69, 9.17) is 16.3 Å². The van der Waals surface area contributed by atoms with Crippen LogP contribution in [0, 0.1) is 5.92 Å². The van der Waals surface area contributed by atoms with E-state index in [0.717, 1.165) is 47.1 Å². The zero-order valence-electron chi connectivity index (χ0n) is 17.7. The molecule has 2 aromatic rings. The van der Waals surface area contributed by atoms with E-state index >= 15 is 0 Å². The monoisotopic (exact) mass is 452 g/mol. The maximum atomic E-state index is 12.9. The van der Waals surface area contributed by atoms with Gasteiger partial charge in [0.2, 0.25) is 0 Å². The lowest BCUT2D eigenvalue weighted by molar-refractivity contribution is -0.113. The summed E-state index contributed by atoms with van der Waals surface area (Å²) in [5.74, 6) is 0.0663. The molecular formula is C25H25ClN2O2S. The first kappa shape index (κ1) is 20.8. The Morgan fingerprint density at radius 1 is 1.13 bits per heavy atom. The van der Waals surface area contributed by atoms with Crippen molar-refractivity contribution in [3.8, 4) is 0 Å². The van der Waals surface area contributed by atoms with Crippen LogP contribution < -0.4 is 0 Å². The van der Waals surface area contributed by atoms with Crippen molar-refractivity contribution in [1.29, 1.82) is 0 Å². The summed E-state index contributed by atoms with van der Waals surface area (Å²) >= 11 is 7.57. The lowest BCUT2D eigenvalue weighted by atomic mass is 9.84. The van der Waals surface area contributed by atoms with Gasteiger partial charge in [-0.3, -0.25) is 4.79 Å². The summed E-state index contributed by atoms with van der Waals surface area (Å²) < 4.78 is 6.28. The number of amidine groups is 1. The molecule has 0 atom stereocenters. The second kappa shape index (κ2) is 8.12. The maximum Gasteiger partial charge on any atom is 0.286 e. The molecule has 0 radical (unpaired) electrons. The lowest BCUT2D eigenvalue weighted by Gasteiger charge is -2.39. The fourth-order valence-electron chi connectivity index (χ4n) is 4.81. The van der Waals surface area contributed by atoms with Gasteiger partial charge in [0.05, 0.1) is 17.1 Å². The minimum atomic E-state index is -0.188. The smallest absolute Gasteiger partial charge is 0.286 e. The molecule has 0 bridgehead atoms. The van der Waals surface area contributed by atoms with Crippen molar-refractivity contribution in [3.63, 3.8) is 0 Å². The van der Waals surface area contributed by atoms with E-state index in [0.29, 0.717) is 11.6 Å². The van der Waals surface area contributed by atoms with Gasteiger partial charge in [0.25, 0.3) is 5.91 Å². The minimum Gasteiger partial charge on any atom is -0.365 e. The van der Waals surface area contributed by atoms with Crippen molar-refractivity contribution < 1.29 is 9.53 Å². The summed E-state index contributed by atoms with van der Waals surface area (Å²) in [6.07, 6.45) is 1.82. The molecule has 1 saturated heterocycles. The Kier molecular flexibility index (Phi) is 5.45. The Labute approximate surface area is 192 Å². The van der Waals surface area contributed by atoms with E-state index in [1.54, 1.807) is 0 Å². The predicted octanol–water partition coefficient (Wildman–Crippen LogP) is 5.86. The number of aliphatic imine (C=N–C) groups is 1. The number of ether oxygens (including phenoxy) is 1. The van der Waals surface area contributed by atoms with Gasteiger partial charge in [0, 0.05) is 18.1 Å². The summed E-state index contributed by atoms with van der Waals surface area (Å²) in [4.78, 5) is 20.3. The molecule has 2 aromatic carbocycles. The highest BCUT2D eigenvalue weighted by molar-refractivity contribution is 8.18. The molecule has 6 heteroatoms. The van der Waals surface area contributed by atoms with Crippen molar-refractivity contribution in [2.24, 2.45) is 10.9 Å². The number of amides is 1. The summed E-state index contributed by atoms with van der Waals surface area (Å²) in [5, 5.41) is 1.50. The highest BCUT2D eigenvalue weighted by atomic mass is 35.5. The number of hydrogen-bond acceptors (Lipinski definition) is 4. The second-order valence-electron chi connectivity index (χ2n) is 8.63. The molecule has 4 nitrogen and oxygen atoms in total. The number of thioether (sulfide) groups is 1. The predicted molar refractivity (Wildman–Crippen MR) is 127 cm³/mol. The van der Waals surface area contributed by atoms with Gasteiger partial charge >= 0.3 is 0 Å². The van der Waals surface area contributed by atoms with Gasteiger partial charge in [-0.2, -0.15) is 4.99 Å². The number of benzene rings is 2. The van der Waals surface area contributed by atoms with E-state index in [9.17, 15) is 4.79 Å². The fourth-order valence-corrected chi connectivity index (χ4v) is 6.16. The minimum absolute atomic E-state index is 0.138. The van der Waals surface area contributed by atoms with Crippen LogP contribution in [0.2, 0.25) is 5.02 Å². The first-order valence-electron chi connectivity index (χ1n) is 10.8. The molecule has 3 aliphatic rings. The molecule has 3 heterocycles. The average molecular weight is 453 g/mol. The van der Waals surface area contributed by atoms with Gasteiger partial charge in [-0.05, 0) is 64.9 Å². The molecule has 1 fully saturated rings. The molecule has 0 N–H and O–H groups in total. The maximum absolute atomic E-state index is 12.9. The number of piperidine rings is 1. The Morgan fingerprint density at radius 2 is 1.84 bits per heavy atom. The largest absolute Gasteiger partial charge is 0.365 e. The van der Waals surface area contributed by atoms with E-state index in [1.165, 1.54) is 22.9 Å². The van der Waals surface area contributed by atoms with E-state index in [1.807, 2.05) is 24.3 Å². The normalized spacial score (nSPS) is 21.6. The van der Waals surface area contributed by atoms with Gasteiger partial charge in [-0.15, -0.1) is 0 Å². The van der Waals surface area contributed by atoms with Crippen molar-refractivity contribution in [3.05, 3.63) is 75.1 Å². The Bertz CT molecular complexity index is 1080. The number of rotatable bonds is 2. The van der Waals surface area contributed by atoms with Crippen LogP contribution in [0.5, 0.6) is 0 Å². The first-order valence-corrected chi connectivity index (χ1v) is 11.9. The van der Waals surface area contributed by atoms with Crippen LogP contribution in [0.25, 0.3) is 5.57 Å². The SMILES string of the molecule is CC(C)/C(=C1\SC(N2CCC3(CC2)OCc2ccccc23)=NC1=O)c1ccc(Cl)cc1. The molecule has 1 amide bonds. The third-order valence-corrected chi connectivity index (χ3v) is 7.80. The Balaban J connectivity index is 1.35. The standard InChI is InChI=1S/C25H25ClN2O2S/c1-16(2)21(17-7-9-19(26)10-8-17)22-23(29)27-24(31-22)28-13-11-25(12-14-28)20-6-4-3-5-18(20)15-30-25/h3-10,16H,11-15H2,1-2H3/b22-21+. The molecule has 0 aliphatic carbocycles. The molecule has 1 spiro atoms.